The summed E-state index contributed by atoms with van der Waals surface area (Å²) in [7, 11) is -2.30. The summed E-state index contributed by atoms with van der Waals surface area (Å²) in [6, 6.07) is 13.7. The minimum atomic E-state index is -4.05. The standard InChI is InChI=1S/C24H27FN2O4S/c1-3-4-8-19(28)17-31-20-9-7-10-21(14-20)32(29,30)27-16-18(15-26-2)13-24(27)22-11-5-6-12-23(22)25/h5-7,9-14,16,26H,3-4,8,15,17H2,1-2H3. The average molecular weight is 459 g/mol. The van der Waals surface area contributed by atoms with Gasteiger partial charge < -0.3 is 10.1 Å². The molecule has 0 spiro atoms. The van der Waals surface area contributed by atoms with Crippen LogP contribution in [0.4, 0.5) is 4.39 Å². The molecule has 0 aliphatic carbocycles. The van der Waals surface area contributed by atoms with Crippen LogP contribution in [0.25, 0.3) is 11.3 Å². The van der Waals surface area contributed by atoms with Crippen LogP contribution in [0.5, 0.6) is 5.75 Å². The Morgan fingerprint density at radius 2 is 1.91 bits per heavy atom. The first-order valence-corrected chi connectivity index (χ1v) is 11.9. The van der Waals surface area contributed by atoms with Crippen LogP contribution in [0.15, 0.2) is 65.7 Å². The SMILES string of the molecule is CCCCC(=O)COc1cccc(S(=O)(=O)n2cc(CNC)cc2-c2ccccc2F)c1. The lowest BCUT2D eigenvalue weighted by Gasteiger charge is -2.12. The largest absolute Gasteiger partial charge is 0.486 e. The van der Waals surface area contributed by atoms with E-state index >= 15 is 0 Å². The fourth-order valence-electron chi connectivity index (χ4n) is 3.31. The van der Waals surface area contributed by atoms with E-state index in [2.05, 4.69) is 5.32 Å². The molecule has 8 heteroatoms. The molecule has 6 nitrogen and oxygen atoms in total. The van der Waals surface area contributed by atoms with Crippen molar-refractivity contribution in [3.8, 4) is 17.0 Å². The number of Topliss-reactive ketones (excluding diaryl/α,β-unsaturated/α-hetero) is 1. The molecule has 0 aliphatic heterocycles. The smallest absolute Gasteiger partial charge is 0.268 e. The molecule has 0 aliphatic rings. The second kappa shape index (κ2) is 10.6. The molecule has 1 N–H and O–H groups in total. The Labute approximate surface area is 188 Å². The molecule has 0 atom stereocenters. The zero-order valence-electron chi connectivity index (χ0n) is 18.2. The first-order chi connectivity index (χ1) is 15.4. The molecular formula is C24H27FN2O4S. The number of unbranched alkanes of at least 4 members (excludes halogenated alkanes) is 1. The summed E-state index contributed by atoms with van der Waals surface area (Å²) in [5.74, 6) is -0.268. The lowest BCUT2D eigenvalue weighted by Crippen LogP contribution is -2.15. The average Bonchev–Trinajstić information content (AvgIpc) is 3.21. The van der Waals surface area contributed by atoms with Crippen molar-refractivity contribution >= 4 is 15.8 Å². The van der Waals surface area contributed by atoms with Crippen LogP contribution < -0.4 is 10.1 Å². The van der Waals surface area contributed by atoms with Crippen LogP contribution >= 0.6 is 0 Å². The topological polar surface area (TPSA) is 77.4 Å². The van der Waals surface area contributed by atoms with E-state index < -0.39 is 15.8 Å². The maximum atomic E-state index is 14.5. The van der Waals surface area contributed by atoms with Gasteiger partial charge in [0.2, 0.25) is 0 Å². The third-order valence-corrected chi connectivity index (χ3v) is 6.61. The summed E-state index contributed by atoms with van der Waals surface area (Å²) in [5, 5.41) is 2.98. The van der Waals surface area contributed by atoms with Crippen molar-refractivity contribution in [2.24, 2.45) is 0 Å². The lowest BCUT2D eigenvalue weighted by molar-refractivity contribution is -0.121. The van der Waals surface area contributed by atoms with Gasteiger partial charge in [-0.1, -0.05) is 31.5 Å². The number of ether oxygens (including phenoxy) is 1. The number of benzene rings is 2. The van der Waals surface area contributed by atoms with Crippen LogP contribution in [0.1, 0.15) is 31.7 Å². The quantitative estimate of drug-likeness (QED) is 0.461. The van der Waals surface area contributed by atoms with Gasteiger partial charge in [-0.3, -0.25) is 4.79 Å². The van der Waals surface area contributed by atoms with Crippen LogP contribution in [0.2, 0.25) is 0 Å². The summed E-state index contributed by atoms with van der Waals surface area (Å²) >= 11 is 0. The van der Waals surface area contributed by atoms with Crippen LogP contribution in [0, 0.1) is 5.82 Å². The highest BCUT2D eigenvalue weighted by atomic mass is 32.2. The van der Waals surface area contributed by atoms with Crippen LogP contribution in [-0.2, 0) is 21.4 Å². The number of rotatable bonds is 11. The van der Waals surface area contributed by atoms with Crippen LogP contribution in [0.3, 0.4) is 0 Å². The van der Waals surface area contributed by atoms with E-state index in [1.165, 1.54) is 24.4 Å². The summed E-state index contributed by atoms with van der Waals surface area (Å²) in [4.78, 5) is 11.9. The fourth-order valence-corrected chi connectivity index (χ4v) is 4.74. The number of carbonyl (C=O) groups is 1. The van der Waals surface area contributed by atoms with Gasteiger partial charge in [0.15, 0.2) is 5.78 Å². The van der Waals surface area contributed by atoms with E-state index in [9.17, 15) is 17.6 Å². The number of ketones is 1. The fraction of sp³-hybridized carbons (Fsp3) is 0.292. The number of aromatic nitrogens is 1. The minimum Gasteiger partial charge on any atom is -0.486 e. The molecule has 0 bridgehead atoms. The Morgan fingerprint density at radius 1 is 1.12 bits per heavy atom. The van der Waals surface area contributed by atoms with E-state index in [0.29, 0.717) is 18.5 Å². The van der Waals surface area contributed by atoms with Gasteiger partial charge >= 0.3 is 0 Å². The maximum Gasteiger partial charge on any atom is 0.268 e. The zero-order chi connectivity index (χ0) is 23.1. The van der Waals surface area contributed by atoms with Crippen molar-refractivity contribution < 1.29 is 22.3 Å². The van der Waals surface area contributed by atoms with Gasteiger partial charge in [-0.25, -0.2) is 16.8 Å². The normalized spacial score (nSPS) is 11.5. The molecule has 170 valence electrons. The van der Waals surface area contributed by atoms with E-state index in [1.807, 2.05) is 6.92 Å². The zero-order valence-corrected chi connectivity index (χ0v) is 19.0. The molecular weight excluding hydrogens is 431 g/mol. The predicted octanol–water partition coefficient (Wildman–Crippen LogP) is 4.39. The molecule has 32 heavy (non-hydrogen) atoms. The van der Waals surface area contributed by atoms with Gasteiger partial charge in [0.25, 0.3) is 10.0 Å². The van der Waals surface area contributed by atoms with Crippen molar-refractivity contribution in [3.63, 3.8) is 0 Å². The third kappa shape index (κ3) is 5.44. The van der Waals surface area contributed by atoms with E-state index in [4.69, 9.17) is 4.74 Å². The van der Waals surface area contributed by atoms with Gasteiger partial charge in [-0.2, -0.15) is 0 Å². The number of nitrogens with zero attached hydrogens (tertiary/aromatic N) is 1. The Balaban J connectivity index is 1.96. The number of nitrogens with one attached hydrogen (secondary N) is 1. The second-order valence-corrected chi connectivity index (χ2v) is 9.27. The number of hydrogen-bond acceptors (Lipinski definition) is 5. The predicted molar refractivity (Wildman–Crippen MR) is 122 cm³/mol. The molecule has 1 aromatic heterocycles. The first kappa shape index (κ1) is 23.7. The van der Waals surface area contributed by atoms with Crippen molar-refractivity contribution in [2.75, 3.05) is 13.7 Å². The molecule has 0 unspecified atom stereocenters. The molecule has 0 saturated heterocycles. The molecule has 3 rings (SSSR count). The summed E-state index contributed by atoms with van der Waals surface area (Å²) in [6.45, 7) is 2.31. The summed E-state index contributed by atoms with van der Waals surface area (Å²) in [6.07, 6.45) is 3.61. The molecule has 2 aromatic carbocycles. The van der Waals surface area contributed by atoms with Crippen molar-refractivity contribution in [3.05, 3.63) is 72.2 Å². The van der Waals surface area contributed by atoms with Crippen molar-refractivity contribution in [2.45, 2.75) is 37.6 Å². The highest BCUT2D eigenvalue weighted by Crippen LogP contribution is 2.30. The van der Waals surface area contributed by atoms with Gasteiger partial charge in [0.05, 0.1) is 10.6 Å². The Hall–Kier alpha value is -2.97. The first-order valence-electron chi connectivity index (χ1n) is 10.5. The molecule has 0 saturated carbocycles. The molecule has 0 radical (unpaired) electrons. The van der Waals surface area contributed by atoms with E-state index in [-0.39, 0.29) is 34.3 Å². The summed E-state index contributed by atoms with van der Waals surface area (Å²) in [5.41, 5.74) is 1.12. The number of hydrogen-bond donors (Lipinski definition) is 1. The van der Waals surface area contributed by atoms with E-state index in [1.54, 1.807) is 43.4 Å². The van der Waals surface area contributed by atoms with Crippen molar-refractivity contribution in [1.29, 1.82) is 0 Å². The van der Waals surface area contributed by atoms with E-state index in [0.717, 1.165) is 16.8 Å². The molecule has 0 fully saturated rings. The highest BCUT2D eigenvalue weighted by Gasteiger charge is 2.23. The Bertz CT molecular complexity index is 1190. The Morgan fingerprint density at radius 3 is 2.62 bits per heavy atom. The molecule has 0 amide bonds. The van der Waals surface area contributed by atoms with Crippen molar-refractivity contribution in [1.82, 2.24) is 9.29 Å². The monoisotopic (exact) mass is 458 g/mol. The summed E-state index contributed by atoms with van der Waals surface area (Å²) < 4.78 is 48.1. The molecule has 1 heterocycles. The molecule has 3 aromatic rings. The number of carbonyl (C=O) groups excluding carboxylic acids is 1. The highest BCUT2D eigenvalue weighted by molar-refractivity contribution is 7.90. The Kier molecular flexibility index (Phi) is 7.82. The van der Waals surface area contributed by atoms with Gasteiger partial charge in [0.1, 0.15) is 18.2 Å². The third-order valence-electron chi connectivity index (χ3n) is 4.94. The number of halogens is 1. The van der Waals surface area contributed by atoms with Gasteiger partial charge in [-0.05, 0) is 49.4 Å². The van der Waals surface area contributed by atoms with Crippen LogP contribution in [-0.4, -0.2) is 31.8 Å². The second-order valence-electron chi connectivity index (χ2n) is 7.45. The van der Waals surface area contributed by atoms with Gasteiger partial charge in [-0.15, -0.1) is 0 Å². The maximum absolute atomic E-state index is 14.5. The minimum absolute atomic E-state index is 0.0137. The van der Waals surface area contributed by atoms with Gasteiger partial charge in [0, 0.05) is 30.8 Å². The lowest BCUT2D eigenvalue weighted by atomic mass is 10.1.